The van der Waals surface area contributed by atoms with Gasteiger partial charge in [0.15, 0.2) is 0 Å². The maximum Gasteiger partial charge on any atom is 0.338 e. The first-order valence-electron chi connectivity index (χ1n) is 9.24. The Balaban J connectivity index is 1.93. The molecule has 2 amide bonds. The van der Waals surface area contributed by atoms with E-state index in [2.05, 4.69) is 21.2 Å². The molecule has 0 aliphatic carbocycles. The van der Waals surface area contributed by atoms with E-state index >= 15 is 0 Å². The van der Waals surface area contributed by atoms with Crippen LogP contribution in [-0.2, 0) is 20.7 Å². The van der Waals surface area contributed by atoms with Crippen LogP contribution < -0.4 is 5.32 Å². The number of thiophene rings is 1. The first-order chi connectivity index (χ1) is 14.0. The van der Waals surface area contributed by atoms with Crippen LogP contribution in [0, 0.1) is 0 Å². The maximum atomic E-state index is 12.9. The number of allylic oxidation sites excluding steroid dienone is 1. The minimum absolute atomic E-state index is 0.151. The summed E-state index contributed by atoms with van der Waals surface area (Å²) >= 11 is 5.17. The number of hydrogen-bond acceptors (Lipinski definition) is 5. The third kappa shape index (κ3) is 5.07. The number of halogens is 1. The van der Waals surface area contributed by atoms with Gasteiger partial charge in [0.05, 0.1) is 18.2 Å². The fourth-order valence-electron chi connectivity index (χ4n) is 3.23. The number of ether oxygens (including phenoxy) is 2. The zero-order chi connectivity index (χ0) is 20.8. The van der Waals surface area contributed by atoms with Crippen molar-refractivity contribution in [2.45, 2.75) is 19.4 Å². The Labute approximate surface area is 182 Å². The molecule has 1 aromatic carbocycles. The van der Waals surface area contributed by atoms with E-state index < -0.39 is 12.0 Å². The molecule has 1 atom stereocenters. The summed E-state index contributed by atoms with van der Waals surface area (Å²) < 4.78 is 11.2. The number of urea groups is 1. The second kappa shape index (κ2) is 10.0. The molecule has 6 nitrogen and oxygen atoms in total. The van der Waals surface area contributed by atoms with E-state index in [9.17, 15) is 9.59 Å². The van der Waals surface area contributed by atoms with Gasteiger partial charge < -0.3 is 14.8 Å². The summed E-state index contributed by atoms with van der Waals surface area (Å²) in [6.07, 6.45) is 0.716. The molecule has 1 aliphatic rings. The number of benzene rings is 1. The molecule has 1 aliphatic heterocycles. The van der Waals surface area contributed by atoms with Crippen LogP contribution in [0.1, 0.15) is 23.4 Å². The van der Waals surface area contributed by atoms with E-state index in [1.807, 2.05) is 41.8 Å². The largest absolute Gasteiger partial charge is 0.460 e. The first-order valence-corrected chi connectivity index (χ1v) is 10.9. The molecule has 0 radical (unpaired) electrons. The van der Waals surface area contributed by atoms with Crippen LogP contribution in [0.5, 0.6) is 0 Å². The van der Waals surface area contributed by atoms with Gasteiger partial charge in [-0.05, 0) is 36.4 Å². The topological polar surface area (TPSA) is 67.9 Å². The van der Waals surface area contributed by atoms with Gasteiger partial charge >= 0.3 is 12.0 Å². The van der Waals surface area contributed by atoms with Crippen molar-refractivity contribution in [1.82, 2.24) is 10.2 Å². The smallest absolute Gasteiger partial charge is 0.338 e. The lowest BCUT2D eigenvalue weighted by molar-refractivity contribution is -0.140. The monoisotopic (exact) mass is 478 g/mol. The number of hydrogen-bond donors (Lipinski definition) is 1. The Morgan fingerprint density at radius 3 is 2.72 bits per heavy atom. The summed E-state index contributed by atoms with van der Waals surface area (Å²) in [5, 5.41) is 4.99. The highest BCUT2D eigenvalue weighted by Crippen LogP contribution is 2.35. The highest BCUT2D eigenvalue weighted by atomic mass is 79.9. The zero-order valence-electron chi connectivity index (χ0n) is 16.3. The summed E-state index contributed by atoms with van der Waals surface area (Å²) in [5.74, 6) is -0.457. The van der Waals surface area contributed by atoms with Crippen LogP contribution in [0.15, 0.2) is 57.5 Å². The Morgan fingerprint density at radius 2 is 2.03 bits per heavy atom. The molecule has 0 bridgehead atoms. The molecule has 154 valence electrons. The first kappa shape index (κ1) is 21.5. The van der Waals surface area contributed by atoms with Gasteiger partial charge in [0.2, 0.25) is 0 Å². The van der Waals surface area contributed by atoms with Crippen molar-refractivity contribution in [3.05, 3.63) is 68.0 Å². The molecule has 0 saturated carbocycles. The molecule has 2 aromatic rings. The standard InChI is InChI=1S/C21H23BrN2O4S/c1-14-18(20(25)28-12-11-27-2)19(16-7-3-4-8-17(16)22)23-21(26)24(14)10-9-15-6-5-13-29-15/h3-8,13,19H,9-12H2,1-2H3,(H,23,26). The fraction of sp³-hybridized carbons (Fsp3) is 0.333. The SMILES string of the molecule is COCCOC(=O)C1=C(C)N(CCc2cccs2)C(=O)NC1c1ccccc1Br. The lowest BCUT2D eigenvalue weighted by Crippen LogP contribution is -2.48. The van der Waals surface area contributed by atoms with Crippen molar-refractivity contribution >= 4 is 39.3 Å². The van der Waals surface area contributed by atoms with Crippen LogP contribution in [-0.4, -0.2) is 43.8 Å². The third-order valence-corrected chi connectivity index (χ3v) is 6.37. The summed E-state index contributed by atoms with van der Waals surface area (Å²) in [4.78, 5) is 28.6. The van der Waals surface area contributed by atoms with Crippen molar-refractivity contribution in [2.75, 3.05) is 26.9 Å². The number of rotatable bonds is 8. The minimum atomic E-state index is -0.592. The van der Waals surface area contributed by atoms with Gasteiger partial charge in [-0.2, -0.15) is 0 Å². The van der Waals surface area contributed by atoms with E-state index in [4.69, 9.17) is 9.47 Å². The Kier molecular flexibility index (Phi) is 7.46. The maximum absolute atomic E-state index is 12.9. The highest BCUT2D eigenvalue weighted by Gasteiger charge is 2.37. The van der Waals surface area contributed by atoms with E-state index in [1.54, 1.807) is 30.3 Å². The molecule has 1 unspecified atom stereocenters. The normalized spacial score (nSPS) is 16.7. The molecule has 3 rings (SSSR count). The molecule has 0 fully saturated rings. The second-order valence-electron chi connectivity index (χ2n) is 6.51. The number of carbonyl (C=O) groups is 2. The van der Waals surface area contributed by atoms with E-state index in [0.29, 0.717) is 30.8 Å². The van der Waals surface area contributed by atoms with E-state index in [-0.39, 0.29) is 12.6 Å². The molecule has 1 N–H and O–H groups in total. The van der Waals surface area contributed by atoms with E-state index in [1.165, 1.54) is 4.88 Å². The Bertz CT molecular complexity index is 898. The molecule has 0 spiro atoms. The van der Waals surface area contributed by atoms with Crippen molar-refractivity contribution in [3.63, 3.8) is 0 Å². The number of nitrogens with one attached hydrogen (secondary N) is 1. The van der Waals surface area contributed by atoms with Gasteiger partial charge in [-0.25, -0.2) is 9.59 Å². The zero-order valence-corrected chi connectivity index (χ0v) is 18.7. The number of nitrogens with zero attached hydrogens (tertiary/aromatic N) is 1. The van der Waals surface area contributed by atoms with Gasteiger partial charge in [0.1, 0.15) is 6.61 Å². The average molecular weight is 479 g/mol. The molecule has 8 heteroatoms. The predicted octanol–water partition coefficient (Wildman–Crippen LogP) is 4.28. The van der Waals surface area contributed by atoms with Gasteiger partial charge in [-0.15, -0.1) is 11.3 Å². The Hall–Kier alpha value is -2.16. The van der Waals surface area contributed by atoms with Gasteiger partial charge in [-0.1, -0.05) is 40.2 Å². The summed E-state index contributed by atoms with van der Waals surface area (Å²) in [6, 6.07) is 10.7. The predicted molar refractivity (Wildman–Crippen MR) is 116 cm³/mol. The highest BCUT2D eigenvalue weighted by molar-refractivity contribution is 9.10. The number of carbonyl (C=O) groups excluding carboxylic acids is 2. The summed E-state index contributed by atoms with van der Waals surface area (Å²) in [6.45, 7) is 2.74. The quantitative estimate of drug-likeness (QED) is 0.453. The Morgan fingerprint density at radius 1 is 1.24 bits per heavy atom. The number of methoxy groups -OCH3 is 1. The van der Waals surface area contributed by atoms with Gasteiger partial charge in [0, 0.05) is 28.7 Å². The molecule has 0 saturated heterocycles. The summed E-state index contributed by atoms with van der Waals surface area (Å²) in [7, 11) is 1.55. The van der Waals surface area contributed by atoms with Crippen LogP contribution in [0.4, 0.5) is 4.79 Å². The lowest BCUT2D eigenvalue weighted by Gasteiger charge is -2.35. The molecule has 1 aromatic heterocycles. The fourth-order valence-corrected chi connectivity index (χ4v) is 4.44. The van der Waals surface area contributed by atoms with Crippen LogP contribution in [0.2, 0.25) is 0 Å². The molecule has 2 heterocycles. The molecule has 29 heavy (non-hydrogen) atoms. The van der Waals surface area contributed by atoms with Crippen LogP contribution >= 0.6 is 27.3 Å². The van der Waals surface area contributed by atoms with Crippen LogP contribution in [0.3, 0.4) is 0 Å². The van der Waals surface area contributed by atoms with Gasteiger partial charge in [0.25, 0.3) is 0 Å². The summed E-state index contributed by atoms with van der Waals surface area (Å²) in [5.41, 5.74) is 1.84. The van der Waals surface area contributed by atoms with Crippen molar-refractivity contribution in [3.8, 4) is 0 Å². The molecular weight excluding hydrogens is 456 g/mol. The third-order valence-electron chi connectivity index (χ3n) is 4.71. The lowest BCUT2D eigenvalue weighted by atomic mass is 9.95. The van der Waals surface area contributed by atoms with Crippen molar-refractivity contribution < 1.29 is 19.1 Å². The minimum Gasteiger partial charge on any atom is -0.460 e. The van der Waals surface area contributed by atoms with Crippen molar-refractivity contribution in [2.24, 2.45) is 0 Å². The molecular formula is C21H23BrN2O4S. The second-order valence-corrected chi connectivity index (χ2v) is 8.40. The van der Waals surface area contributed by atoms with Crippen molar-refractivity contribution in [1.29, 1.82) is 0 Å². The number of esters is 1. The van der Waals surface area contributed by atoms with Gasteiger partial charge in [-0.3, -0.25) is 4.90 Å². The van der Waals surface area contributed by atoms with Crippen LogP contribution in [0.25, 0.3) is 0 Å². The average Bonchev–Trinajstić information content (AvgIpc) is 3.21. The van der Waals surface area contributed by atoms with E-state index in [0.717, 1.165) is 10.0 Å². The number of amides is 2.